The van der Waals surface area contributed by atoms with Crippen LogP contribution in [0.1, 0.15) is 44.3 Å². The van der Waals surface area contributed by atoms with Crippen molar-refractivity contribution in [3.05, 3.63) is 17.2 Å². The molecule has 0 spiro atoms. The molecule has 0 atom stereocenters. The zero-order valence-corrected chi connectivity index (χ0v) is 10.6. The van der Waals surface area contributed by atoms with Gasteiger partial charge in [-0.05, 0) is 30.9 Å². The van der Waals surface area contributed by atoms with Crippen molar-refractivity contribution in [2.45, 2.75) is 45.1 Å². The summed E-state index contributed by atoms with van der Waals surface area (Å²) in [5.74, 6) is 0. The summed E-state index contributed by atoms with van der Waals surface area (Å²) in [6.45, 7) is 2.07. The number of hydrogen-bond acceptors (Lipinski definition) is 3. The second-order valence-electron chi connectivity index (χ2n) is 4.56. The number of halogens is 1. The van der Waals surface area contributed by atoms with E-state index in [9.17, 15) is 0 Å². The van der Waals surface area contributed by atoms with Gasteiger partial charge in [-0.2, -0.15) is 10.1 Å². The number of rotatable bonds is 2. The molecule has 3 rings (SSSR count). The lowest BCUT2D eigenvalue weighted by atomic mass is 10.2. The van der Waals surface area contributed by atoms with Gasteiger partial charge in [-0.3, -0.25) is 0 Å². The average Bonchev–Trinajstić information content (AvgIpc) is 2.94. The van der Waals surface area contributed by atoms with Crippen molar-refractivity contribution in [1.29, 1.82) is 0 Å². The van der Waals surface area contributed by atoms with Crippen molar-refractivity contribution in [1.82, 2.24) is 19.7 Å². The third-order valence-electron chi connectivity index (χ3n) is 3.51. The van der Waals surface area contributed by atoms with Gasteiger partial charge in [0.2, 0.25) is 5.28 Å². The van der Waals surface area contributed by atoms with Crippen LogP contribution in [0.4, 0.5) is 0 Å². The van der Waals surface area contributed by atoms with E-state index in [1.807, 2.05) is 10.9 Å². The fraction of sp³-hybridized carbons (Fsp3) is 0.583. The van der Waals surface area contributed by atoms with Gasteiger partial charge in [0.15, 0.2) is 5.65 Å². The number of hydrogen-bond donors (Lipinski definition) is 0. The molecule has 0 radical (unpaired) electrons. The van der Waals surface area contributed by atoms with Gasteiger partial charge < -0.3 is 0 Å². The number of fused-ring (bicyclic) bond motifs is 1. The summed E-state index contributed by atoms with van der Waals surface area (Å²) in [5.41, 5.74) is 1.89. The van der Waals surface area contributed by atoms with Gasteiger partial charge in [-0.1, -0.05) is 19.8 Å². The van der Waals surface area contributed by atoms with E-state index in [4.69, 9.17) is 11.6 Å². The highest BCUT2D eigenvalue weighted by Gasteiger charge is 2.21. The van der Waals surface area contributed by atoms with Gasteiger partial charge in [0.25, 0.3) is 0 Å². The summed E-state index contributed by atoms with van der Waals surface area (Å²) in [5, 5.41) is 5.86. The molecule has 1 fully saturated rings. The van der Waals surface area contributed by atoms with E-state index in [0.29, 0.717) is 11.3 Å². The Labute approximate surface area is 105 Å². The first-order chi connectivity index (χ1) is 8.29. The molecular formula is C12H15ClN4. The molecule has 0 amide bonds. The molecule has 0 N–H and O–H groups in total. The Morgan fingerprint density at radius 3 is 2.82 bits per heavy atom. The predicted molar refractivity (Wildman–Crippen MR) is 67.2 cm³/mol. The van der Waals surface area contributed by atoms with Crippen LogP contribution >= 0.6 is 11.6 Å². The van der Waals surface area contributed by atoms with Crippen molar-refractivity contribution >= 4 is 22.6 Å². The average molecular weight is 251 g/mol. The van der Waals surface area contributed by atoms with Crippen LogP contribution in [0.25, 0.3) is 11.0 Å². The topological polar surface area (TPSA) is 43.6 Å². The Bertz CT molecular complexity index is 543. The van der Waals surface area contributed by atoms with Crippen molar-refractivity contribution in [3.8, 4) is 0 Å². The number of aryl methyl sites for hydroxylation is 1. The van der Waals surface area contributed by atoms with E-state index in [1.54, 1.807) is 0 Å². The Kier molecular flexibility index (Phi) is 2.74. The van der Waals surface area contributed by atoms with Gasteiger partial charge in [-0.25, -0.2) is 9.67 Å². The molecule has 0 aromatic carbocycles. The van der Waals surface area contributed by atoms with E-state index in [2.05, 4.69) is 22.0 Å². The second-order valence-corrected chi connectivity index (χ2v) is 4.90. The van der Waals surface area contributed by atoms with Gasteiger partial charge in [-0.15, -0.1) is 0 Å². The monoisotopic (exact) mass is 250 g/mol. The van der Waals surface area contributed by atoms with Crippen LogP contribution in [-0.4, -0.2) is 19.7 Å². The van der Waals surface area contributed by atoms with Gasteiger partial charge in [0.05, 0.1) is 23.3 Å². The van der Waals surface area contributed by atoms with Crippen molar-refractivity contribution in [2.75, 3.05) is 0 Å². The molecule has 5 heteroatoms. The van der Waals surface area contributed by atoms with Crippen molar-refractivity contribution in [3.63, 3.8) is 0 Å². The maximum Gasteiger partial charge on any atom is 0.224 e. The van der Waals surface area contributed by atoms with E-state index in [-0.39, 0.29) is 0 Å². The molecule has 0 unspecified atom stereocenters. The SMILES string of the molecule is CCc1nc(Cl)nc2c1cnn2C1CCCC1. The molecule has 1 aliphatic rings. The lowest BCUT2D eigenvalue weighted by Crippen LogP contribution is -2.07. The molecule has 1 saturated carbocycles. The fourth-order valence-corrected chi connectivity index (χ4v) is 2.82. The summed E-state index contributed by atoms with van der Waals surface area (Å²) in [6, 6.07) is 0.489. The highest BCUT2D eigenvalue weighted by atomic mass is 35.5. The maximum atomic E-state index is 5.97. The first kappa shape index (κ1) is 11.0. The lowest BCUT2D eigenvalue weighted by Gasteiger charge is -2.10. The summed E-state index contributed by atoms with van der Waals surface area (Å²) < 4.78 is 2.04. The first-order valence-corrected chi connectivity index (χ1v) is 6.57. The summed E-state index contributed by atoms with van der Waals surface area (Å²) in [7, 11) is 0. The van der Waals surface area contributed by atoms with Crippen molar-refractivity contribution in [2.24, 2.45) is 0 Å². The van der Waals surface area contributed by atoms with Crippen LogP contribution in [0.5, 0.6) is 0 Å². The van der Waals surface area contributed by atoms with E-state index < -0.39 is 0 Å². The fourth-order valence-electron chi connectivity index (χ4n) is 2.64. The maximum absolute atomic E-state index is 5.97. The number of nitrogens with zero attached hydrogens (tertiary/aromatic N) is 4. The van der Waals surface area contributed by atoms with E-state index in [0.717, 1.165) is 23.1 Å². The standard InChI is InChI=1S/C12H15ClN4/c1-2-10-9-7-14-17(8-5-3-4-6-8)11(9)16-12(13)15-10/h7-8H,2-6H2,1H3. The molecule has 0 saturated heterocycles. The molecule has 2 heterocycles. The number of aromatic nitrogens is 4. The minimum Gasteiger partial charge on any atom is -0.244 e. The van der Waals surface area contributed by atoms with Gasteiger partial charge in [0.1, 0.15) is 0 Å². The van der Waals surface area contributed by atoms with Crippen LogP contribution < -0.4 is 0 Å². The van der Waals surface area contributed by atoms with Gasteiger partial charge in [0, 0.05) is 0 Å². The van der Waals surface area contributed by atoms with Crippen LogP contribution in [0.15, 0.2) is 6.20 Å². The Morgan fingerprint density at radius 2 is 2.12 bits per heavy atom. The van der Waals surface area contributed by atoms with E-state index in [1.165, 1.54) is 25.7 Å². The molecular weight excluding hydrogens is 236 g/mol. The highest BCUT2D eigenvalue weighted by molar-refractivity contribution is 6.28. The molecule has 4 nitrogen and oxygen atoms in total. The Morgan fingerprint density at radius 1 is 1.35 bits per heavy atom. The zero-order chi connectivity index (χ0) is 11.8. The van der Waals surface area contributed by atoms with Crippen LogP contribution in [0, 0.1) is 0 Å². The minimum absolute atomic E-state index is 0.328. The van der Waals surface area contributed by atoms with Crippen LogP contribution in [0.3, 0.4) is 0 Å². The van der Waals surface area contributed by atoms with Gasteiger partial charge >= 0.3 is 0 Å². The minimum atomic E-state index is 0.328. The molecule has 2 aromatic heterocycles. The van der Waals surface area contributed by atoms with Crippen LogP contribution in [0.2, 0.25) is 5.28 Å². The Hall–Kier alpha value is -1.16. The normalized spacial score (nSPS) is 17.1. The largest absolute Gasteiger partial charge is 0.244 e. The quantitative estimate of drug-likeness (QED) is 0.769. The molecule has 0 bridgehead atoms. The molecule has 1 aliphatic carbocycles. The zero-order valence-electron chi connectivity index (χ0n) is 9.86. The highest BCUT2D eigenvalue weighted by Crippen LogP contribution is 2.31. The first-order valence-electron chi connectivity index (χ1n) is 6.19. The van der Waals surface area contributed by atoms with Crippen LogP contribution in [-0.2, 0) is 6.42 Å². The summed E-state index contributed by atoms with van der Waals surface area (Å²) in [6.07, 6.45) is 7.69. The molecule has 17 heavy (non-hydrogen) atoms. The lowest BCUT2D eigenvalue weighted by molar-refractivity contribution is 0.478. The second kappa shape index (κ2) is 4.26. The third kappa shape index (κ3) is 1.80. The van der Waals surface area contributed by atoms with Crippen molar-refractivity contribution < 1.29 is 0 Å². The summed E-state index contributed by atoms with van der Waals surface area (Å²) >= 11 is 5.97. The Balaban J connectivity index is 2.17. The van der Waals surface area contributed by atoms with E-state index >= 15 is 0 Å². The third-order valence-corrected chi connectivity index (χ3v) is 3.68. The molecule has 0 aliphatic heterocycles. The molecule has 90 valence electrons. The molecule has 2 aromatic rings. The summed E-state index contributed by atoms with van der Waals surface area (Å²) in [4.78, 5) is 8.60. The smallest absolute Gasteiger partial charge is 0.224 e. The predicted octanol–water partition coefficient (Wildman–Crippen LogP) is 3.16.